The number of oxazole rings is 1. The van der Waals surface area contributed by atoms with Crippen molar-refractivity contribution < 1.29 is 13.6 Å². The molecule has 3 aromatic rings. The molecule has 24 heavy (non-hydrogen) atoms. The molecule has 5 nitrogen and oxygen atoms in total. The van der Waals surface area contributed by atoms with Crippen molar-refractivity contribution in [3.8, 4) is 0 Å². The van der Waals surface area contributed by atoms with Crippen LogP contribution in [0.4, 0.5) is 10.1 Å². The van der Waals surface area contributed by atoms with Gasteiger partial charge in [-0.15, -0.1) is 0 Å². The van der Waals surface area contributed by atoms with Gasteiger partial charge in [-0.25, -0.2) is 9.18 Å². The van der Waals surface area contributed by atoms with Crippen molar-refractivity contribution in [2.45, 2.75) is 26.3 Å². The Hall–Kier alpha value is -2.89. The molecule has 0 saturated heterocycles. The third-order valence-corrected chi connectivity index (χ3v) is 3.83. The van der Waals surface area contributed by atoms with Crippen LogP contribution >= 0.6 is 0 Å². The van der Waals surface area contributed by atoms with Crippen LogP contribution in [0.15, 0.2) is 51.7 Å². The summed E-state index contributed by atoms with van der Waals surface area (Å²) in [7, 11) is 0. The van der Waals surface area contributed by atoms with E-state index >= 15 is 0 Å². The molecule has 2 aromatic carbocycles. The monoisotopic (exact) mass is 328 g/mol. The second-order valence-corrected chi connectivity index (χ2v) is 5.60. The van der Waals surface area contributed by atoms with Crippen molar-refractivity contribution >= 4 is 22.7 Å². The van der Waals surface area contributed by atoms with Gasteiger partial charge in [-0.3, -0.25) is 9.36 Å². The maximum atomic E-state index is 13.2. The number of carbonyl (C=O) groups excluding carboxylic acids is 1. The van der Waals surface area contributed by atoms with E-state index < -0.39 is 11.6 Å². The number of fused-ring (bicyclic) bond motifs is 1. The van der Waals surface area contributed by atoms with Gasteiger partial charge in [0.1, 0.15) is 5.82 Å². The molecule has 124 valence electrons. The highest BCUT2D eigenvalue weighted by atomic mass is 19.1. The van der Waals surface area contributed by atoms with E-state index in [1.165, 1.54) is 16.7 Å². The zero-order valence-corrected chi connectivity index (χ0v) is 13.2. The van der Waals surface area contributed by atoms with E-state index in [2.05, 4.69) is 5.32 Å². The zero-order valence-electron chi connectivity index (χ0n) is 13.2. The molecule has 0 aliphatic rings. The van der Waals surface area contributed by atoms with Gasteiger partial charge in [0.2, 0.25) is 5.91 Å². The predicted octanol–water partition coefficient (Wildman–Crippen LogP) is 3.46. The number of hydrogen-bond acceptors (Lipinski definition) is 3. The van der Waals surface area contributed by atoms with E-state index in [0.717, 1.165) is 5.56 Å². The van der Waals surface area contributed by atoms with Crippen LogP contribution in [-0.2, 0) is 11.3 Å². The van der Waals surface area contributed by atoms with Crippen molar-refractivity contribution in [1.29, 1.82) is 0 Å². The molecule has 0 radical (unpaired) electrons. The number of benzene rings is 2. The maximum absolute atomic E-state index is 13.2. The van der Waals surface area contributed by atoms with Gasteiger partial charge in [-0.1, -0.05) is 18.2 Å². The number of aryl methyl sites for hydroxylation is 2. The highest BCUT2D eigenvalue weighted by Crippen LogP contribution is 2.17. The number of nitrogens with one attached hydrogen (secondary N) is 1. The highest BCUT2D eigenvalue weighted by Gasteiger charge is 2.10. The second-order valence-electron chi connectivity index (χ2n) is 5.60. The quantitative estimate of drug-likeness (QED) is 0.780. The number of para-hydroxylation sites is 2. The summed E-state index contributed by atoms with van der Waals surface area (Å²) in [4.78, 5) is 23.9. The summed E-state index contributed by atoms with van der Waals surface area (Å²) in [5, 5.41) is 2.69. The summed E-state index contributed by atoms with van der Waals surface area (Å²) >= 11 is 0. The summed E-state index contributed by atoms with van der Waals surface area (Å²) in [5.74, 6) is -1.05. The number of nitrogens with zero attached hydrogens (tertiary/aromatic N) is 1. The Balaban J connectivity index is 1.61. The summed E-state index contributed by atoms with van der Waals surface area (Å²) in [6.45, 7) is 2.18. The third kappa shape index (κ3) is 3.37. The van der Waals surface area contributed by atoms with Crippen molar-refractivity contribution in [1.82, 2.24) is 4.57 Å². The number of anilines is 1. The lowest BCUT2D eigenvalue weighted by atomic mass is 10.2. The van der Waals surface area contributed by atoms with Gasteiger partial charge >= 0.3 is 5.76 Å². The lowest BCUT2D eigenvalue weighted by molar-refractivity contribution is -0.116. The van der Waals surface area contributed by atoms with Crippen LogP contribution in [0.1, 0.15) is 18.4 Å². The fourth-order valence-corrected chi connectivity index (χ4v) is 2.57. The molecular weight excluding hydrogens is 311 g/mol. The average Bonchev–Trinajstić information content (AvgIpc) is 2.87. The molecule has 0 aliphatic heterocycles. The topological polar surface area (TPSA) is 64.2 Å². The van der Waals surface area contributed by atoms with E-state index in [-0.39, 0.29) is 12.3 Å². The lowest BCUT2D eigenvalue weighted by Gasteiger charge is -2.08. The number of amides is 1. The molecule has 0 saturated carbocycles. The van der Waals surface area contributed by atoms with Crippen molar-refractivity contribution in [3.63, 3.8) is 0 Å². The first kappa shape index (κ1) is 16.0. The first-order valence-corrected chi connectivity index (χ1v) is 7.69. The normalized spacial score (nSPS) is 10.9. The van der Waals surface area contributed by atoms with E-state index in [9.17, 15) is 14.0 Å². The smallest absolute Gasteiger partial charge is 0.408 e. The molecule has 1 aromatic heterocycles. The van der Waals surface area contributed by atoms with Crippen LogP contribution in [0.3, 0.4) is 0 Å². The summed E-state index contributed by atoms with van der Waals surface area (Å²) < 4.78 is 19.9. The van der Waals surface area contributed by atoms with Crippen LogP contribution in [0.2, 0.25) is 0 Å². The molecule has 6 heteroatoms. The molecule has 3 rings (SSSR count). The van der Waals surface area contributed by atoms with Gasteiger partial charge in [-0.2, -0.15) is 0 Å². The Labute approximate surface area is 137 Å². The average molecular weight is 328 g/mol. The third-order valence-electron chi connectivity index (χ3n) is 3.83. The Bertz CT molecular complexity index is 943. The van der Waals surface area contributed by atoms with Crippen LogP contribution in [0.5, 0.6) is 0 Å². The van der Waals surface area contributed by atoms with Gasteiger partial charge < -0.3 is 9.73 Å². The van der Waals surface area contributed by atoms with Gasteiger partial charge in [0.25, 0.3) is 0 Å². The largest absolute Gasteiger partial charge is 0.419 e. The van der Waals surface area contributed by atoms with Crippen LogP contribution in [0, 0.1) is 12.7 Å². The lowest BCUT2D eigenvalue weighted by Crippen LogP contribution is -2.17. The molecule has 0 unspecified atom stereocenters. The SMILES string of the molecule is Cc1ccc(F)cc1NC(=O)CCCn1c(=O)oc2ccccc21. The fourth-order valence-electron chi connectivity index (χ4n) is 2.57. The van der Waals surface area contributed by atoms with Crippen molar-refractivity contribution in [2.24, 2.45) is 0 Å². The fraction of sp³-hybridized carbons (Fsp3) is 0.222. The van der Waals surface area contributed by atoms with Crippen LogP contribution in [-0.4, -0.2) is 10.5 Å². The predicted molar refractivity (Wildman–Crippen MR) is 89.5 cm³/mol. The summed E-state index contributed by atoms with van der Waals surface area (Å²) in [6.07, 6.45) is 0.700. The first-order valence-electron chi connectivity index (χ1n) is 7.69. The Morgan fingerprint density at radius 2 is 2.04 bits per heavy atom. The summed E-state index contributed by atoms with van der Waals surface area (Å²) in [6, 6.07) is 11.4. The minimum Gasteiger partial charge on any atom is -0.408 e. The van der Waals surface area contributed by atoms with Gasteiger partial charge in [-0.05, 0) is 43.2 Å². The molecule has 0 atom stereocenters. The standard InChI is InChI=1S/C18H17FN2O3/c1-12-8-9-13(19)11-14(12)20-17(22)7-4-10-21-15-5-2-3-6-16(15)24-18(21)23/h2-3,5-6,8-9,11H,4,7,10H2,1H3,(H,20,22). The number of halogens is 1. The molecule has 0 aliphatic carbocycles. The molecule has 0 fully saturated rings. The molecule has 0 bridgehead atoms. The molecule has 1 heterocycles. The Morgan fingerprint density at radius 3 is 2.88 bits per heavy atom. The molecule has 1 amide bonds. The number of hydrogen-bond donors (Lipinski definition) is 1. The van der Waals surface area contributed by atoms with E-state index in [4.69, 9.17) is 4.42 Å². The first-order chi connectivity index (χ1) is 11.5. The van der Waals surface area contributed by atoms with Gasteiger partial charge in [0.05, 0.1) is 5.52 Å². The van der Waals surface area contributed by atoms with Crippen molar-refractivity contribution in [2.75, 3.05) is 5.32 Å². The van der Waals surface area contributed by atoms with E-state index in [0.29, 0.717) is 29.8 Å². The zero-order chi connectivity index (χ0) is 17.1. The molecular formula is C18H17FN2O3. The van der Waals surface area contributed by atoms with E-state index in [1.54, 1.807) is 31.2 Å². The van der Waals surface area contributed by atoms with E-state index in [1.807, 2.05) is 6.07 Å². The number of carbonyl (C=O) groups is 1. The Morgan fingerprint density at radius 1 is 1.25 bits per heavy atom. The molecule has 1 N–H and O–H groups in total. The molecule has 0 spiro atoms. The van der Waals surface area contributed by atoms with Crippen molar-refractivity contribution in [3.05, 3.63) is 64.4 Å². The minimum atomic E-state index is -0.433. The van der Waals surface area contributed by atoms with Gasteiger partial charge in [0.15, 0.2) is 5.58 Å². The number of rotatable bonds is 5. The maximum Gasteiger partial charge on any atom is 0.419 e. The summed E-state index contributed by atoms with van der Waals surface area (Å²) in [5.41, 5.74) is 2.50. The van der Waals surface area contributed by atoms with Crippen LogP contribution in [0.25, 0.3) is 11.1 Å². The number of aromatic nitrogens is 1. The Kier molecular flexibility index (Phi) is 4.46. The highest BCUT2D eigenvalue weighted by molar-refractivity contribution is 5.91. The minimum absolute atomic E-state index is 0.218. The van der Waals surface area contributed by atoms with Crippen LogP contribution < -0.4 is 11.1 Å². The second kappa shape index (κ2) is 6.70. The van der Waals surface area contributed by atoms with Gasteiger partial charge in [0, 0.05) is 18.7 Å².